The van der Waals surface area contributed by atoms with Gasteiger partial charge in [0.2, 0.25) is 0 Å². The Kier molecular flexibility index (Phi) is 4.23. The van der Waals surface area contributed by atoms with Crippen LogP contribution < -0.4 is 10.2 Å². The number of hydrazone groups is 1. The van der Waals surface area contributed by atoms with Crippen LogP contribution in [0.4, 0.5) is 0 Å². The molecule has 0 aliphatic rings. The molecule has 0 bridgehead atoms. The number of hydrogen-bond donors (Lipinski definition) is 1. The van der Waals surface area contributed by atoms with E-state index in [1.165, 1.54) is 6.21 Å². The van der Waals surface area contributed by atoms with E-state index in [-0.39, 0.29) is 5.91 Å². The summed E-state index contributed by atoms with van der Waals surface area (Å²) in [6, 6.07) is 12.2. The number of ether oxygens (including phenoxy) is 1. The molecule has 0 radical (unpaired) electrons. The highest BCUT2D eigenvalue weighted by molar-refractivity contribution is 5.94. The average molecular weight is 255 g/mol. The van der Waals surface area contributed by atoms with Crippen molar-refractivity contribution in [3.05, 3.63) is 59.9 Å². The molecule has 96 valence electrons. The smallest absolute Gasteiger partial charge is 0.271 e. The van der Waals surface area contributed by atoms with Crippen LogP contribution in [0.5, 0.6) is 5.75 Å². The van der Waals surface area contributed by atoms with Gasteiger partial charge in [-0.2, -0.15) is 5.10 Å². The Balaban J connectivity index is 1.95. The molecular weight excluding hydrogens is 242 g/mol. The lowest BCUT2D eigenvalue weighted by Crippen LogP contribution is -2.17. The van der Waals surface area contributed by atoms with Crippen molar-refractivity contribution in [2.45, 2.75) is 0 Å². The first-order valence-corrected chi connectivity index (χ1v) is 5.68. The largest absolute Gasteiger partial charge is 0.497 e. The quantitative estimate of drug-likeness (QED) is 0.670. The van der Waals surface area contributed by atoms with Crippen LogP contribution in [0.2, 0.25) is 0 Å². The van der Waals surface area contributed by atoms with Crippen LogP contribution in [0.1, 0.15) is 16.1 Å². The van der Waals surface area contributed by atoms with Gasteiger partial charge >= 0.3 is 0 Å². The Morgan fingerprint density at radius 2 is 2.05 bits per heavy atom. The fourth-order valence-corrected chi connectivity index (χ4v) is 1.42. The zero-order chi connectivity index (χ0) is 13.5. The molecule has 5 heteroatoms. The summed E-state index contributed by atoms with van der Waals surface area (Å²) in [5.74, 6) is 0.420. The maximum atomic E-state index is 11.7. The van der Waals surface area contributed by atoms with Gasteiger partial charge in [0.1, 0.15) is 5.75 Å². The van der Waals surface area contributed by atoms with Crippen molar-refractivity contribution < 1.29 is 9.53 Å². The molecular formula is C14H13N3O2. The number of amides is 1. The van der Waals surface area contributed by atoms with Crippen molar-refractivity contribution in [1.82, 2.24) is 10.4 Å². The van der Waals surface area contributed by atoms with E-state index in [1.807, 2.05) is 12.1 Å². The number of nitrogens with zero attached hydrogens (tertiary/aromatic N) is 2. The Morgan fingerprint density at radius 3 is 2.68 bits per heavy atom. The van der Waals surface area contributed by atoms with Crippen LogP contribution in [0.15, 0.2) is 53.8 Å². The molecule has 0 spiro atoms. The molecule has 2 aromatic rings. The van der Waals surface area contributed by atoms with Gasteiger partial charge in [-0.3, -0.25) is 9.78 Å². The van der Waals surface area contributed by atoms with E-state index in [1.54, 1.807) is 43.6 Å². The van der Waals surface area contributed by atoms with Crippen LogP contribution in [0.25, 0.3) is 0 Å². The number of pyridine rings is 1. The molecule has 0 aliphatic carbocycles. The third-order valence-electron chi connectivity index (χ3n) is 2.40. The van der Waals surface area contributed by atoms with Crippen molar-refractivity contribution in [2.75, 3.05) is 7.11 Å². The Bertz CT molecular complexity index is 565. The second kappa shape index (κ2) is 6.30. The zero-order valence-electron chi connectivity index (χ0n) is 10.4. The maximum Gasteiger partial charge on any atom is 0.271 e. The summed E-state index contributed by atoms with van der Waals surface area (Å²) >= 11 is 0. The standard InChI is InChI=1S/C14H13N3O2/c1-19-13-7-5-11(6-8-13)14(18)17-16-10-12-4-2-3-9-15-12/h2-10H,1H3,(H,17,18). The topological polar surface area (TPSA) is 63.6 Å². The van der Waals surface area contributed by atoms with E-state index in [0.29, 0.717) is 17.0 Å². The van der Waals surface area contributed by atoms with Crippen molar-refractivity contribution >= 4 is 12.1 Å². The lowest BCUT2D eigenvalue weighted by atomic mass is 10.2. The molecule has 0 saturated carbocycles. The molecule has 19 heavy (non-hydrogen) atoms. The van der Waals surface area contributed by atoms with E-state index in [4.69, 9.17) is 4.74 Å². The monoisotopic (exact) mass is 255 g/mol. The zero-order valence-corrected chi connectivity index (χ0v) is 10.4. The molecule has 1 aromatic heterocycles. The van der Waals surface area contributed by atoms with Crippen molar-refractivity contribution in [3.8, 4) is 5.75 Å². The van der Waals surface area contributed by atoms with Gasteiger partial charge in [-0.15, -0.1) is 0 Å². The lowest BCUT2D eigenvalue weighted by Gasteiger charge is -2.01. The molecule has 0 atom stereocenters. The van der Waals surface area contributed by atoms with Gasteiger partial charge in [-0.1, -0.05) is 6.07 Å². The second-order valence-corrected chi connectivity index (χ2v) is 3.68. The molecule has 5 nitrogen and oxygen atoms in total. The predicted octanol–water partition coefficient (Wildman–Crippen LogP) is 1.85. The van der Waals surface area contributed by atoms with Gasteiger partial charge in [0.15, 0.2) is 0 Å². The summed E-state index contributed by atoms with van der Waals surface area (Å²) < 4.78 is 5.02. The molecule has 1 heterocycles. The molecule has 1 aromatic carbocycles. The van der Waals surface area contributed by atoms with Crippen LogP contribution in [-0.2, 0) is 0 Å². The molecule has 1 amide bonds. The minimum atomic E-state index is -0.283. The summed E-state index contributed by atoms with van der Waals surface area (Å²) in [6.45, 7) is 0. The number of carbonyl (C=O) groups excluding carboxylic acids is 1. The number of nitrogens with one attached hydrogen (secondary N) is 1. The minimum Gasteiger partial charge on any atom is -0.497 e. The minimum absolute atomic E-state index is 0.283. The average Bonchev–Trinajstić information content (AvgIpc) is 2.48. The summed E-state index contributed by atoms with van der Waals surface area (Å²) in [7, 11) is 1.58. The lowest BCUT2D eigenvalue weighted by molar-refractivity contribution is 0.0955. The van der Waals surface area contributed by atoms with Gasteiger partial charge in [0.25, 0.3) is 5.91 Å². The molecule has 1 N–H and O–H groups in total. The predicted molar refractivity (Wildman–Crippen MR) is 72.3 cm³/mol. The van der Waals surface area contributed by atoms with E-state index in [2.05, 4.69) is 15.5 Å². The number of benzene rings is 1. The fourth-order valence-electron chi connectivity index (χ4n) is 1.42. The maximum absolute atomic E-state index is 11.7. The highest BCUT2D eigenvalue weighted by atomic mass is 16.5. The third kappa shape index (κ3) is 3.64. The van der Waals surface area contributed by atoms with Crippen molar-refractivity contribution in [2.24, 2.45) is 5.10 Å². The van der Waals surface area contributed by atoms with E-state index >= 15 is 0 Å². The number of carbonyl (C=O) groups is 1. The highest BCUT2D eigenvalue weighted by Gasteiger charge is 2.03. The summed E-state index contributed by atoms with van der Waals surface area (Å²) in [6.07, 6.45) is 3.15. The van der Waals surface area contributed by atoms with Gasteiger partial charge in [-0.25, -0.2) is 5.43 Å². The second-order valence-electron chi connectivity index (χ2n) is 3.68. The normalized spacial score (nSPS) is 10.4. The Morgan fingerprint density at radius 1 is 1.26 bits per heavy atom. The molecule has 0 unspecified atom stereocenters. The van der Waals surface area contributed by atoms with Crippen molar-refractivity contribution in [1.29, 1.82) is 0 Å². The van der Waals surface area contributed by atoms with Crippen LogP contribution in [-0.4, -0.2) is 24.2 Å². The summed E-state index contributed by atoms with van der Waals surface area (Å²) in [5, 5.41) is 3.84. The van der Waals surface area contributed by atoms with E-state index in [0.717, 1.165) is 0 Å². The van der Waals surface area contributed by atoms with Gasteiger partial charge in [0.05, 0.1) is 19.0 Å². The van der Waals surface area contributed by atoms with Gasteiger partial charge in [0, 0.05) is 11.8 Å². The van der Waals surface area contributed by atoms with Gasteiger partial charge < -0.3 is 4.74 Å². The number of hydrogen-bond acceptors (Lipinski definition) is 4. The number of aromatic nitrogens is 1. The van der Waals surface area contributed by atoms with E-state index in [9.17, 15) is 4.79 Å². The first-order chi connectivity index (χ1) is 9.29. The summed E-state index contributed by atoms with van der Waals surface area (Å²) in [4.78, 5) is 15.8. The third-order valence-corrected chi connectivity index (χ3v) is 2.40. The Hall–Kier alpha value is -2.69. The number of rotatable bonds is 4. The van der Waals surface area contributed by atoms with E-state index < -0.39 is 0 Å². The molecule has 0 saturated heterocycles. The SMILES string of the molecule is COc1ccc(C(=O)NN=Cc2ccccn2)cc1. The van der Waals surface area contributed by atoms with Crippen LogP contribution in [0.3, 0.4) is 0 Å². The van der Waals surface area contributed by atoms with Crippen molar-refractivity contribution in [3.63, 3.8) is 0 Å². The van der Waals surface area contributed by atoms with Gasteiger partial charge in [-0.05, 0) is 36.4 Å². The fraction of sp³-hybridized carbons (Fsp3) is 0.0714. The first-order valence-electron chi connectivity index (χ1n) is 5.68. The molecule has 0 fully saturated rings. The summed E-state index contributed by atoms with van der Waals surface area (Å²) in [5.41, 5.74) is 3.63. The molecule has 0 aliphatic heterocycles. The first kappa shape index (κ1) is 12.8. The molecule has 2 rings (SSSR count). The highest BCUT2D eigenvalue weighted by Crippen LogP contribution is 2.10. The van der Waals surface area contributed by atoms with Crippen LogP contribution >= 0.6 is 0 Å². The number of methoxy groups -OCH3 is 1. The Labute approximate surface area is 110 Å². The van der Waals surface area contributed by atoms with Crippen LogP contribution in [0, 0.1) is 0 Å².